The van der Waals surface area contributed by atoms with Crippen molar-refractivity contribution in [3.63, 3.8) is 0 Å². The van der Waals surface area contributed by atoms with Gasteiger partial charge in [0.1, 0.15) is 0 Å². The largest absolute Gasteiger partial charge is 0.502 e. The quantitative estimate of drug-likeness (QED) is 0.506. The second kappa shape index (κ2) is 6.11. The summed E-state index contributed by atoms with van der Waals surface area (Å²) in [5.41, 5.74) is 1.07. The number of aliphatic imine (C=N–C) groups is 1. The fourth-order valence-electron chi connectivity index (χ4n) is 1.73. The van der Waals surface area contributed by atoms with Crippen molar-refractivity contribution in [3.05, 3.63) is 61.6 Å². The highest BCUT2D eigenvalue weighted by Gasteiger charge is 2.16. The van der Waals surface area contributed by atoms with E-state index in [0.29, 0.717) is 21.3 Å². The smallest absolute Gasteiger partial charge is 0.311 e. The van der Waals surface area contributed by atoms with Gasteiger partial charge in [-0.25, -0.2) is 0 Å². The van der Waals surface area contributed by atoms with E-state index in [1.807, 2.05) is 0 Å². The zero-order chi connectivity index (χ0) is 15.6. The Morgan fingerprint density at radius 1 is 1.24 bits per heavy atom. The molecule has 2 rings (SSSR count). The molecule has 0 fully saturated rings. The van der Waals surface area contributed by atoms with Crippen molar-refractivity contribution in [1.82, 2.24) is 0 Å². The fourth-order valence-corrected chi connectivity index (χ4v) is 2.03. The topological polar surface area (TPSA) is 75.7 Å². The third-order valence-electron chi connectivity index (χ3n) is 2.72. The monoisotopic (exact) mass is 324 g/mol. The Labute approximate surface area is 130 Å². The normalized spacial score (nSPS) is 11.0. The van der Waals surface area contributed by atoms with Crippen LogP contribution in [0.2, 0.25) is 10.0 Å². The molecular formula is C14H10Cl2N2O3. The van der Waals surface area contributed by atoms with Gasteiger partial charge in [-0.2, -0.15) is 0 Å². The molecule has 0 unspecified atom stereocenters. The highest BCUT2D eigenvalue weighted by molar-refractivity contribution is 6.42. The van der Waals surface area contributed by atoms with E-state index in [1.54, 1.807) is 31.2 Å². The summed E-state index contributed by atoms with van der Waals surface area (Å²) in [5, 5.41) is 21.5. The third kappa shape index (κ3) is 3.51. The van der Waals surface area contributed by atoms with Crippen molar-refractivity contribution in [1.29, 1.82) is 0 Å². The van der Waals surface area contributed by atoms with E-state index in [1.165, 1.54) is 12.3 Å². The first-order valence-electron chi connectivity index (χ1n) is 5.85. The number of hydrogen-bond donors (Lipinski definition) is 1. The molecule has 0 aliphatic rings. The average Bonchev–Trinajstić information content (AvgIpc) is 2.42. The first kappa shape index (κ1) is 15.3. The summed E-state index contributed by atoms with van der Waals surface area (Å²) in [4.78, 5) is 14.3. The Kier molecular flexibility index (Phi) is 4.45. The maximum atomic E-state index is 10.9. The summed E-state index contributed by atoms with van der Waals surface area (Å²) < 4.78 is 0. The summed E-state index contributed by atoms with van der Waals surface area (Å²) in [6.07, 6.45) is 1.34. The second-order valence-corrected chi connectivity index (χ2v) is 5.15. The van der Waals surface area contributed by atoms with E-state index in [9.17, 15) is 15.2 Å². The molecule has 0 saturated carbocycles. The third-order valence-corrected chi connectivity index (χ3v) is 3.46. The van der Waals surface area contributed by atoms with Gasteiger partial charge in [0, 0.05) is 17.8 Å². The van der Waals surface area contributed by atoms with Crippen LogP contribution < -0.4 is 0 Å². The molecule has 108 valence electrons. The molecule has 2 aromatic rings. The van der Waals surface area contributed by atoms with Crippen LogP contribution in [0.3, 0.4) is 0 Å². The Morgan fingerprint density at radius 2 is 1.95 bits per heavy atom. The van der Waals surface area contributed by atoms with Gasteiger partial charge in [-0.1, -0.05) is 23.2 Å². The number of halogens is 2. The number of aromatic hydroxyl groups is 1. The summed E-state index contributed by atoms with van der Waals surface area (Å²) >= 11 is 11.7. The molecule has 0 bridgehead atoms. The van der Waals surface area contributed by atoms with Crippen LogP contribution in [0.25, 0.3) is 0 Å². The first-order chi connectivity index (χ1) is 9.88. The van der Waals surface area contributed by atoms with Crippen LogP contribution in [0, 0.1) is 17.0 Å². The van der Waals surface area contributed by atoms with Crippen LogP contribution in [0.15, 0.2) is 35.3 Å². The molecule has 1 N–H and O–H groups in total. The van der Waals surface area contributed by atoms with Gasteiger partial charge in [-0.05, 0) is 36.8 Å². The molecule has 0 radical (unpaired) electrons. The number of benzene rings is 2. The van der Waals surface area contributed by atoms with E-state index in [-0.39, 0.29) is 11.3 Å². The highest BCUT2D eigenvalue weighted by atomic mass is 35.5. The van der Waals surface area contributed by atoms with E-state index >= 15 is 0 Å². The summed E-state index contributed by atoms with van der Waals surface area (Å²) in [7, 11) is 0. The van der Waals surface area contributed by atoms with Gasteiger partial charge in [0.2, 0.25) is 5.75 Å². The zero-order valence-corrected chi connectivity index (χ0v) is 12.4. The van der Waals surface area contributed by atoms with Crippen molar-refractivity contribution >= 4 is 40.8 Å². The number of aryl methyl sites for hydroxylation is 1. The molecule has 0 aliphatic heterocycles. The van der Waals surface area contributed by atoms with Gasteiger partial charge >= 0.3 is 5.69 Å². The highest BCUT2D eigenvalue weighted by Crippen LogP contribution is 2.31. The molecule has 0 amide bonds. The maximum absolute atomic E-state index is 10.9. The predicted octanol–water partition coefficient (Wildman–Crippen LogP) is 4.67. The SMILES string of the molecule is Cc1cc(C=Nc2ccc(Cl)c(Cl)c2)c(O)c([N+](=O)[O-])c1. The van der Waals surface area contributed by atoms with Crippen LogP contribution in [-0.4, -0.2) is 16.2 Å². The van der Waals surface area contributed by atoms with Gasteiger partial charge < -0.3 is 5.11 Å². The molecule has 0 spiro atoms. The van der Waals surface area contributed by atoms with Gasteiger partial charge in [0.25, 0.3) is 0 Å². The average molecular weight is 325 g/mol. The van der Waals surface area contributed by atoms with Crippen molar-refractivity contribution in [2.45, 2.75) is 6.92 Å². The van der Waals surface area contributed by atoms with E-state index < -0.39 is 10.7 Å². The summed E-state index contributed by atoms with van der Waals surface area (Å²) in [5.74, 6) is -0.422. The number of phenols is 1. The number of nitrogens with zero attached hydrogens (tertiary/aromatic N) is 2. The van der Waals surface area contributed by atoms with Crippen LogP contribution >= 0.6 is 23.2 Å². The first-order valence-corrected chi connectivity index (χ1v) is 6.61. The van der Waals surface area contributed by atoms with Crippen molar-refractivity contribution in [2.75, 3.05) is 0 Å². The lowest BCUT2D eigenvalue weighted by Gasteiger charge is -2.02. The molecule has 21 heavy (non-hydrogen) atoms. The summed E-state index contributed by atoms with van der Waals surface area (Å²) in [6.45, 7) is 1.70. The standard InChI is InChI=1S/C14H10Cl2N2O3/c1-8-4-9(14(19)13(5-8)18(20)21)7-17-10-2-3-11(15)12(16)6-10/h2-7,19H,1H3. The Balaban J connectivity index is 2.41. The number of rotatable bonds is 3. The number of nitro benzene ring substituents is 1. The molecule has 0 atom stereocenters. The Morgan fingerprint density at radius 3 is 2.57 bits per heavy atom. The fraction of sp³-hybridized carbons (Fsp3) is 0.0714. The minimum absolute atomic E-state index is 0.257. The minimum atomic E-state index is -0.640. The van der Waals surface area contributed by atoms with Crippen LogP contribution in [0.4, 0.5) is 11.4 Å². The van der Waals surface area contributed by atoms with Gasteiger partial charge in [0.05, 0.1) is 20.7 Å². The van der Waals surface area contributed by atoms with Gasteiger partial charge in [0.15, 0.2) is 0 Å². The van der Waals surface area contributed by atoms with Crippen molar-refractivity contribution in [2.24, 2.45) is 4.99 Å². The van der Waals surface area contributed by atoms with E-state index in [0.717, 1.165) is 0 Å². The molecule has 5 nitrogen and oxygen atoms in total. The Bertz CT molecular complexity index is 745. The van der Waals surface area contributed by atoms with Gasteiger partial charge in [-0.3, -0.25) is 15.1 Å². The second-order valence-electron chi connectivity index (χ2n) is 4.34. The molecule has 2 aromatic carbocycles. The number of nitro groups is 1. The summed E-state index contributed by atoms with van der Waals surface area (Å²) in [6, 6.07) is 7.69. The Hall–Kier alpha value is -2.11. The lowest BCUT2D eigenvalue weighted by atomic mass is 10.1. The van der Waals surface area contributed by atoms with Crippen LogP contribution in [0.5, 0.6) is 5.75 Å². The van der Waals surface area contributed by atoms with Crippen molar-refractivity contribution in [3.8, 4) is 5.75 Å². The number of phenolic OH excluding ortho intramolecular Hbond substituents is 1. The van der Waals surface area contributed by atoms with Crippen molar-refractivity contribution < 1.29 is 10.0 Å². The van der Waals surface area contributed by atoms with E-state index in [4.69, 9.17) is 23.2 Å². The molecule has 0 heterocycles. The molecule has 0 aliphatic carbocycles. The number of hydrogen-bond acceptors (Lipinski definition) is 4. The van der Waals surface area contributed by atoms with Crippen LogP contribution in [-0.2, 0) is 0 Å². The molecular weight excluding hydrogens is 315 g/mol. The van der Waals surface area contributed by atoms with Gasteiger partial charge in [-0.15, -0.1) is 0 Å². The lowest BCUT2D eigenvalue weighted by molar-refractivity contribution is -0.385. The maximum Gasteiger partial charge on any atom is 0.311 e. The molecule has 7 heteroatoms. The predicted molar refractivity (Wildman–Crippen MR) is 83.2 cm³/mol. The lowest BCUT2D eigenvalue weighted by Crippen LogP contribution is -1.93. The van der Waals surface area contributed by atoms with E-state index in [2.05, 4.69) is 4.99 Å². The molecule has 0 aromatic heterocycles. The van der Waals surface area contributed by atoms with Crippen LogP contribution in [0.1, 0.15) is 11.1 Å². The molecule has 0 saturated heterocycles. The zero-order valence-electron chi connectivity index (χ0n) is 10.9. The minimum Gasteiger partial charge on any atom is -0.502 e.